The molecule has 1 unspecified atom stereocenters. The molecule has 19 heavy (non-hydrogen) atoms. The number of carbonyl (C=O) groups excluding carboxylic acids is 1. The Morgan fingerprint density at radius 2 is 2.21 bits per heavy atom. The third kappa shape index (κ3) is 2.26. The van der Waals surface area contributed by atoms with Crippen LogP contribution in [0.15, 0.2) is 29.3 Å². The van der Waals surface area contributed by atoms with Crippen LogP contribution in [0.2, 0.25) is 0 Å². The molecule has 0 radical (unpaired) electrons. The second-order valence-electron chi connectivity index (χ2n) is 4.68. The van der Waals surface area contributed by atoms with Crippen LogP contribution in [0, 0.1) is 10.1 Å². The van der Waals surface area contributed by atoms with Crippen LogP contribution in [0.3, 0.4) is 0 Å². The molecule has 1 atom stereocenters. The number of benzene rings is 1. The zero-order valence-corrected chi connectivity index (χ0v) is 10.7. The van der Waals surface area contributed by atoms with Crippen molar-refractivity contribution in [3.05, 3.63) is 39.9 Å². The number of guanidine groups is 1. The fourth-order valence-corrected chi connectivity index (χ4v) is 2.03. The summed E-state index contributed by atoms with van der Waals surface area (Å²) in [6.45, 7) is 1.74. The molecule has 0 spiro atoms. The highest BCUT2D eigenvalue weighted by atomic mass is 16.6. The molecule has 100 valence electrons. The molecule has 0 bridgehead atoms. The molecule has 7 heteroatoms. The maximum Gasteiger partial charge on any atom is 0.269 e. The first-order chi connectivity index (χ1) is 8.83. The van der Waals surface area contributed by atoms with Gasteiger partial charge in [0, 0.05) is 19.2 Å². The van der Waals surface area contributed by atoms with Crippen molar-refractivity contribution in [1.82, 2.24) is 4.90 Å². The van der Waals surface area contributed by atoms with Gasteiger partial charge in [-0.2, -0.15) is 0 Å². The number of nitrogens with zero attached hydrogens (tertiary/aromatic N) is 3. The number of nitro groups is 1. The van der Waals surface area contributed by atoms with Gasteiger partial charge in [-0.1, -0.05) is 12.1 Å². The number of aliphatic imine (C=N–C) groups is 1. The minimum Gasteiger partial charge on any atom is -0.369 e. The topological polar surface area (TPSA) is 102 Å². The fraction of sp³-hybridized carbons (Fsp3) is 0.333. The quantitative estimate of drug-likeness (QED) is 0.634. The highest BCUT2D eigenvalue weighted by Gasteiger charge is 2.36. The highest BCUT2D eigenvalue weighted by Crippen LogP contribution is 2.34. The zero-order chi connectivity index (χ0) is 14.2. The summed E-state index contributed by atoms with van der Waals surface area (Å²) < 4.78 is 0. The molecule has 0 saturated heterocycles. The van der Waals surface area contributed by atoms with Crippen molar-refractivity contribution in [2.75, 3.05) is 7.05 Å². The summed E-state index contributed by atoms with van der Waals surface area (Å²) in [5, 5.41) is 10.8. The third-order valence-corrected chi connectivity index (χ3v) is 3.25. The van der Waals surface area contributed by atoms with E-state index in [1.807, 2.05) is 0 Å². The molecule has 0 aliphatic carbocycles. The van der Waals surface area contributed by atoms with Crippen LogP contribution < -0.4 is 5.73 Å². The zero-order valence-electron chi connectivity index (χ0n) is 10.7. The molecule has 0 aromatic heterocycles. The number of carbonyl (C=O) groups is 1. The molecule has 1 aliphatic heterocycles. The second-order valence-corrected chi connectivity index (χ2v) is 4.68. The first kappa shape index (κ1) is 13.0. The molecule has 2 N–H and O–H groups in total. The van der Waals surface area contributed by atoms with Crippen LogP contribution in [0.4, 0.5) is 5.69 Å². The van der Waals surface area contributed by atoms with Crippen molar-refractivity contribution in [3.8, 4) is 0 Å². The normalized spacial score (nSPS) is 23.2. The maximum atomic E-state index is 11.8. The average Bonchev–Trinajstić information content (AvgIpc) is 2.36. The summed E-state index contributed by atoms with van der Waals surface area (Å²) in [5.74, 6) is -0.0493. The Kier molecular flexibility index (Phi) is 2.97. The SMILES string of the molecule is CN1C(=O)CC(C)(c2cccc([N+](=O)[O-])c2)N=C1N. The third-order valence-electron chi connectivity index (χ3n) is 3.25. The molecule has 1 aromatic rings. The average molecular weight is 262 g/mol. The van der Waals surface area contributed by atoms with Gasteiger partial charge in [-0.15, -0.1) is 0 Å². The predicted molar refractivity (Wildman–Crippen MR) is 69.5 cm³/mol. The van der Waals surface area contributed by atoms with Gasteiger partial charge in [-0.05, 0) is 12.5 Å². The van der Waals surface area contributed by atoms with E-state index in [2.05, 4.69) is 4.99 Å². The molecule has 1 aliphatic rings. The standard InChI is InChI=1S/C12H14N4O3/c1-12(7-10(17)15(2)11(13)14-12)8-4-3-5-9(6-8)16(18)19/h3-6H,7H2,1-2H3,(H2,13,14). The second kappa shape index (κ2) is 4.34. The Morgan fingerprint density at radius 1 is 1.53 bits per heavy atom. The van der Waals surface area contributed by atoms with Crippen molar-refractivity contribution in [1.29, 1.82) is 0 Å². The Balaban J connectivity index is 2.48. The molecule has 7 nitrogen and oxygen atoms in total. The fourth-order valence-electron chi connectivity index (χ4n) is 2.03. The lowest BCUT2D eigenvalue weighted by atomic mass is 9.87. The van der Waals surface area contributed by atoms with Gasteiger partial charge in [0.25, 0.3) is 5.69 Å². The van der Waals surface area contributed by atoms with Crippen LogP contribution in [0.1, 0.15) is 18.9 Å². The summed E-state index contributed by atoms with van der Waals surface area (Å²) in [6.07, 6.45) is 0.130. The van der Waals surface area contributed by atoms with E-state index >= 15 is 0 Å². The number of hydrogen-bond donors (Lipinski definition) is 1. The van der Waals surface area contributed by atoms with Crippen molar-refractivity contribution in [3.63, 3.8) is 0 Å². The van der Waals surface area contributed by atoms with E-state index < -0.39 is 10.5 Å². The largest absolute Gasteiger partial charge is 0.369 e. The van der Waals surface area contributed by atoms with Crippen molar-refractivity contribution in [2.24, 2.45) is 10.7 Å². The molecular weight excluding hydrogens is 248 g/mol. The Bertz CT molecular complexity index is 584. The first-order valence-corrected chi connectivity index (χ1v) is 5.70. The lowest BCUT2D eigenvalue weighted by Crippen LogP contribution is -2.47. The van der Waals surface area contributed by atoms with Crippen LogP contribution in [-0.2, 0) is 10.3 Å². The number of hydrogen-bond acceptors (Lipinski definition) is 5. The Labute approximate surface area is 109 Å². The first-order valence-electron chi connectivity index (χ1n) is 5.70. The Hall–Kier alpha value is -2.44. The summed E-state index contributed by atoms with van der Waals surface area (Å²) in [5.41, 5.74) is 5.41. The molecule has 0 fully saturated rings. The number of non-ortho nitro benzene ring substituents is 1. The van der Waals surface area contributed by atoms with Gasteiger partial charge in [-0.3, -0.25) is 19.8 Å². The van der Waals surface area contributed by atoms with E-state index in [-0.39, 0.29) is 24.0 Å². The summed E-state index contributed by atoms with van der Waals surface area (Å²) in [4.78, 5) is 27.7. The lowest BCUT2D eigenvalue weighted by molar-refractivity contribution is -0.385. The summed E-state index contributed by atoms with van der Waals surface area (Å²) in [6, 6.07) is 6.11. The molecule has 2 rings (SSSR count). The van der Waals surface area contributed by atoms with Gasteiger partial charge in [-0.25, -0.2) is 4.99 Å². The van der Waals surface area contributed by atoms with Gasteiger partial charge in [0.2, 0.25) is 5.91 Å². The van der Waals surface area contributed by atoms with E-state index in [1.165, 1.54) is 17.0 Å². The van der Waals surface area contributed by atoms with Crippen molar-refractivity contribution in [2.45, 2.75) is 18.9 Å². The monoisotopic (exact) mass is 262 g/mol. The van der Waals surface area contributed by atoms with E-state index in [0.29, 0.717) is 5.56 Å². The van der Waals surface area contributed by atoms with E-state index in [0.717, 1.165) is 0 Å². The van der Waals surface area contributed by atoms with E-state index in [4.69, 9.17) is 5.73 Å². The summed E-state index contributed by atoms with van der Waals surface area (Å²) in [7, 11) is 1.55. The molecule has 1 amide bonds. The smallest absolute Gasteiger partial charge is 0.269 e. The maximum absolute atomic E-state index is 11.8. The van der Waals surface area contributed by atoms with Gasteiger partial charge in [0.15, 0.2) is 5.96 Å². The molecule has 1 aromatic carbocycles. The number of rotatable bonds is 2. The lowest BCUT2D eigenvalue weighted by Gasteiger charge is -2.33. The number of amides is 1. The van der Waals surface area contributed by atoms with Gasteiger partial charge in [0.1, 0.15) is 0 Å². The number of nitrogens with two attached hydrogens (primary N) is 1. The van der Waals surface area contributed by atoms with Crippen LogP contribution in [0.5, 0.6) is 0 Å². The number of nitro benzene ring substituents is 1. The van der Waals surface area contributed by atoms with Gasteiger partial charge >= 0.3 is 0 Å². The van der Waals surface area contributed by atoms with Gasteiger partial charge < -0.3 is 5.73 Å². The minimum atomic E-state index is -0.861. The predicted octanol–water partition coefficient (Wildman–Crippen LogP) is 0.987. The van der Waals surface area contributed by atoms with Crippen LogP contribution in [0.25, 0.3) is 0 Å². The van der Waals surface area contributed by atoms with Crippen LogP contribution >= 0.6 is 0 Å². The Morgan fingerprint density at radius 3 is 2.79 bits per heavy atom. The minimum absolute atomic E-state index is 0.0288. The van der Waals surface area contributed by atoms with E-state index in [1.54, 1.807) is 26.1 Å². The molecular formula is C12H14N4O3. The van der Waals surface area contributed by atoms with Crippen molar-refractivity contribution >= 4 is 17.6 Å². The van der Waals surface area contributed by atoms with Crippen molar-refractivity contribution < 1.29 is 9.72 Å². The van der Waals surface area contributed by atoms with Crippen LogP contribution in [-0.4, -0.2) is 28.7 Å². The summed E-state index contributed by atoms with van der Waals surface area (Å²) >= 11 is 0. The molecule has 1 heterocycles. The highest BCUT2D eigenvalue weighted by molar-refractivity contribution is 5.98. The van der Waals surface area contributed by atoms with E-state index in [9.17, 15) is 14.9 Å². The van der Waals surface area contributed by atoms with Gasteiger partial charge in [0.05, 0.1) is 16.9 Å². The molecule has 0 saturated carbocycles.